The molecule has 0 atom stereocenters. The number of benzene rings is 2. The highest BCUT2D eigenvalue weighted by Crippen LogP contribution is 2.35. The topological polar surface area (TPSA) is 26.3 Å². The van der Waals surface area contributed by atoms with Crippen LogP contribution in [0.5, 0.6) is 0 Å². The maximum atomic E-state index is 13.7. The quantitative estimate of drug-likeness (QED) is 0.563. The molecule has 0 bridgehead atoms. The summed E-state index contributed by atoms with van der Waals surface area (Å²) in [5.41, 5.74) is 0.148. The third kappa shape index (κ3) is 2.82. The molecule has 0 radical (unpaired) electrons. The average molecular weight is 355 g/mol. The summed E-state index contributed by atoms with van der Waals surface area (Å²) in [6.45, 7) is -0.241. The molecule has 1 heterocycles. The Balaban J connectivity index is 1.83. The zero-order valence-corrected chi connectivity index (χ0v) is 13.4. The number of carbonyl (C=O) groups excluding carboxylic acids is 1. The fourth-order valence-electron chi connectivity index (χ4n) is 2.02. The van der Waals surface area contributed by atoms with Crippen molar-refractivity contribution in [3.63, 3.8) is 0 Å². The van der Waals surface area contributed by atoms with Crippen LogP contribution in [0, 0.1) is 5.82 Å². The second kappa shape index (κ2) is 6.24. The average Bonchev–Trinajstić information content (AvgIpc) is 2.84. The fourth-order valence-corrected chi connectivity index (χ4v) is 3.64. The molecule has 0 amide bonds. The van der Waals surface area contributed by atoms with Gasteiger partial charge in [-0.25, -0.2) is 9.18 Å². The number of fused-ring (bicyclic) bond motifs is 1. The van der Waals surface area contributed by atoms with Gasteiger partial charge in [0.05, 0.1) is 10.0 Å². The van der Waals surface area contributed by atoms with Crippen LogP contribution in [0.15, 0.2) is 42.5 Å². The van der Waals surface area contributed by atoms with Crippen molar-refractivity contribution in [2.24, 2.45) is 0 Å². The van der Waals surface area contributed by atoms with Gasteiger partial charge in [0, 0.05) is 15.6 Å². The van der Waals surface area contributed by atoms with E-state index in [1.54, 1.807) is 6.07 Å². The summed E-state index contributed by atoms with van der Waals surface area (Å²) in [5, 5.41) is 1.37. The van der Waals surface area contributed by atoms with E-state index in [0.29, 0.717) is 9.90 Å². The molecule has 2 nitrogen and oxygen atoms in total. The lowest BCUT2D eigenvalue weighted by Crippen LogP contribution is -2.05. The molecule has 0 aliphatic carbocycles. The van der Waals surface area contributed by atoms with E-state index >= 15 is 0 Å². The second-order valence-corrected chi connectivity index (χ2v) is 6.36. The molecule has 2 aromatic carbocycles. The van der Waals surface area contributed by atoms with E-state index in [1.165, 1.54) is 23.5 Å². The van der Waals surface area contributed by atoms with Crippen LogP contribution in [-0.4, -0.2) is 5.97 Å². The summed E-state index contributed by atoms with van der Waals surface area (Å²) in [4.78, 5) is 12.5. The molecule has 3 aromatic rings. The standard InChI is InChI=1S/C16H9Cl2FO2S/c17-11-5-3-6-12(19)10(11)8-21-16(20)15-14(18)9-4-1-2-7-13(9)22-15/h1-7H,8H2. The first-order valence-corrected chi connectivity index (χ1v) is 7.92. The number of ether oxygens (including phenoxy) is 1. The molecule has 22 heavy (non-hydrogen) atoms. The summed E-state index contributed by atoms with van der Waals surface area (Å²) in [6, 6.07) is 11.7. The smallest absolute Gasteiger partial charge is 0.350 e. The van der Waals surface area contributed by atoms with E-state index in [1.807, 2.05) is 24.3 Å². The first-order chi connectivity index (χ1) is 10.6. The highest BCUT2D eigenvalue weighted by Gasteiger charge is 2.19. The summed E-state index contributed by atoms with van der Waals surface area (Å²) in [7, 11) is 0. The monoisotopic (exact) mass is 354 g/mol. The lowest BCUT2D eigenvalue weighted by molar-refractivity contribution is 0.0475. The van der Waals surface area contributed by atoms with Gasteiger partial charge < -0.3 is 4.74 Å². The van der Waals surface area contributed by atoms with Gasteiger partial charge in [-0.3, -0.25) is 0 Å². The van der Waals surface area contributed by atoms with Gasteiger partial charge in [0.15, 0.2) is 0 Å². The minimum absolute atomic E-state index is 0.148. The Morgan fingerprint density at radius 3 is 2.64 bits per heavy atom. The van der Waals surface area contributed by atoms with Crippen molar-refractivity contribution < 1.29 is 13.9 Å². The van der Waals surface area contributed by atoms with Crippen LogP contribution >= 0.6 is 34.5 Å². The highest BCUT2D eigenvalue weighted by atomic mass is 35.5. The third-order valence-electron chi connectivity index (χ3n) is 3.13. The first-order valence-electron chi connectivity index (χ1n) is 6.35. The Labute approximate surface area is 140 Å². The molecule has 3 rings (SSSR count). The Kier molecular flexibility index (Phi) is 4.34. The molecule has 0 saturated heterocycles. The Morgan fingerprint density at radius 1 is 1.14 bits per heavy atom. The summed E-state index contributed by atoms with van der Waals surface area (Å²) in [5.74, 6) is -1.10. The molecule has 6 heteroatoms. The maximum Gasteiger partial charge on any atom is 0.350 e. The van der Waals surface area contributed by atoms with Crippen molar-refractivity contribution in [2.45, 2.75) is 6.61 Å². The Hall–Kier alpha value is -1.62. The van der Waals surface area contributed by atoms with Crippen LogP contribution < -0.4 is 0 Å². The van der Waals surface area contributed by atoms with Gasteiger partial charge in [-0.15, -0.1) is 11.3 Å². The number of thiophene rings is 1. The van der Waals surface area contributed by atoms with Gasteiger partial charge in [0.2, 0.25) is 0 Å². The van der Waals surface area contributed by atoms with Crippen LogP contribution in [0.1, 0.15) is 15.2 Å². The lowest BCUT2D eigenvalue weighted by atomic mass is 10.2. The van der Waals surface area contributed by atoms with E-state index in [9.17, 15) is 9.18 Å². The Bertz CT molecular complexity index is 840. The number of halogens is 3. The molecule has 0 aliphatic heterocycles. The van der Waals surface area contributed by atoms with Crippen molar-refractivity contribution in [3.8, 4) is 0 Å². The van der Waals surface area contributed by atoms with Crippen molar-refractivity contribution in [1.29, 1.82) is 0 Å². The molecule has 0 aliphatic rings. The molecule has 0 N–H and O–H groups in total. The predicted molar refractivity (Wildman–Crippen MR) is 87.4 cm³/mol. The minimum Gasteiger partial charge on any atom is -0.456 e. The molecule has 112 valence electrons. The normalized spacial score (nSPS) is 10.9. The molecule has 0 fully saturated rings. The molecule has 1 aromatic heterocycles. The van der Waals surface area contributed by atoms with Crippen molar-refractivity contribution in [3.05, 3.63) is 68.8 Å². The van der Waals surface area contributed by atoms with E-state index < -0.39 is 11.8 Å². The number of hydrogen-bond donors (Lipinski definition) is 0. The Morgan fingerprint density at radius 2 is 1.91 bits per heavy atom. The lowest BCUT2D eigenvalue weighted by Gasteiger charge is -2.06. The number of carbonyl (C=O) groups is 1. The fraction of sp³-hybridized carbons (Fsp3) is 0.0625. The van der Waals surface area contributed by atoms with Crippen molar-refractivity contribution in [1.82, 2.24) is 0 Å². The van der Waals surface area contributed by atoms with Gasteiger partial charge in [0.25, 0.3) is 0 Å². The highest BCUT2D eigenvalue weighted by molar-refractivity contribution is 7.21. The number of hydrogen-bond acceptors (Lipinski definition) is 3. The van der Waals surface area contributed by atoms with Gasteiger partial charge in [0.1, 0.15) is 17.3 Å². The van der Waals surface area contributed by atoms with Gasteiger partial charge in [-0.1, -0.05) is 47.5 Å². The third-order valence-corrected chi connectivity index (χ3v) is 5.14. The zero-order valence-electron chi connectivity index (χ0n) is 11.1. The predicted octanol–water partition coefficient (Wildman–Crippen LogP) is 5.70. The van der Waals surface area contributed by atoms with Crippen LogP contribution in [0.2, 0.25) is 10.0 Å². The van der Waals surface area contributed by atoms with Crippen LogP contribution in [-0.2, 0) is 11.3 Å². The molecular formula is C16H9Cl2FO2S. The molecule has 0 saturated carbocycles. The van der Waals surface area contributed by atoms with Crippen LogP contribution in [0.25, 0.3) is 10.1 Å². The van der Waals surface area contributed by atoms with Crippen molar-refractivity contribution >= 4 is 50.6 Å². The van der Waals surface area contributed by atoms with E-state index in [2.05, 4.69) is 0 Å². The zero-order chi connectivity index (χ0) is 15.7. The molecule has 0 unspecified atom stereocenters. The number of esters is 1. The van der Waals surface area contributed by atoms with E-state index in [4.69, 9.17) is 27.9 Å². The van der Waals surface area contributed by atoms with E-state index in [0.717, 1.165) is 10.1 Å². The second-order valence-electron chi connectivity index (χ2n) is 4.52. The molecule has 0 spiro atoms. The SMILES string of the molecule is O=C(OCc1c(F)cccc1Cl)c1sc2ccccc2c1Cl. The van der Waals surface area contributed by atoms with Crippen LogP contribution in [0.3, 0.4) is 0 Å². The van der Waals surface area contributed by atoms with E-state index in [-0.39, 0.29) is 17.2 Å². The van der Waals surface area contributed by atoms with Gasteiger partial charge >= 0.3 is 5.97 Å². The van der Waals surface area contributed by atoms with Gasteiger partial charge in [-0.05, 0) is 18.2 Å². The van der Waals surface area contributed by atoms with Gasteiger partial charge in [-0.2, -0.15) is 0 Å². The largest absolute Gasteiger partial charge is 0.456 e. The van der Waals surface area contributed by atoms with Crippen molar-refractivity contribution in [2.75, 3.05) is 0 Å². The molecular weight excluding hydrogens is 346 g/mol. The minimum atomic E-state index is -0.592. The summed E-state index contributed by atoms with van der Waals surface area (Å²) >= 11 is 13.3. The number of rotatable bonds is 3. The van der Waals surface area contributed by atoms with Crippen LogP contribution in [0.4, 0.5) is 4.39 Å². The summed E-state index contributed by atoms with van der Waals surface area (Å²) < 4.78 is 19.7. The first kappa shape index (κ1) is 15.3. The maximum absolute atomic E-state index is 13.7. The summed E-state index contributed by atoms with van der Waals surface area (Å²) in [6.07, 6.45) is 0.